The third-order valence-corrected chi connectivity index (χ3v) is 7.22. The molecule has 1 fully saturated rings. The summed E-state index contributed by atoms with van der Waals surface area (Å²) >= 11 is 0. The number of nitriles is 1. The minimum Gasteiger partial charge on any atom is -0.393 e. The summed E-state index contributed by atoms with van der Waals surface area (Å²) in [7, 11) is 0. The molecule has 2 aromatic carbocycles. The van der Waals surface area contributed by atoms with Crippen LogP contribution in [0.3, 0.4) is 0 Å². The number of aryl methyl sites for hydroxylation is 1. The third-order valence-electron chi connectivity index (χ3n) is 7.22. The van der Waals surface area contributed by atoms with Crippen molar-refractivity contribution in [3.05, 3.63) is 93.3 Å². The maximum Gasteiger partial charge on any atom is 0.257 e. The van der Waals surface area contributed by atoms with Crippen molar-refractivity contribution in [2.75, 3.05) is 0 Å². The third kappa shape index (κ3) is 4.33. The smallest absolute Gasteiger partial charge is 0.257 e. The molecule has 2 heterocycles. The van der Waals surface area contributed by atoms with E-state index in [0.717, 1.165) is 30.6 Å². The van der Waals surface area contributed by atoms with E-state index in [9.17, 15) is 15.2 Å². The van der Waals surface area contributed by atoms with Gasteiger partial charge in [-0.1, -0.05) is 43.7 Å². The summed E-state index contributed by atoms with van der Waals surface area (Å²) in [5.74, 6) is -0.422. The van der Waals surface area contributed by atoms with Gasteiger partial charge in [-0.3, -0.25) is 9.36 Å². The van der Waals surface area contributed by atoms with Crippen molar-refractivity contribution in [2.24, 2.45) is 0 Å². The summed E-state index contributed by atoms with van der Waals surface area (Å²) in [6, 6.07) is 15.9. The molecule has 36 heavy (non-hydrogen) atoms. The zero-order chi connectivity index (χ0) is 25.2. The number of rotatable bonds is 6. The standard InChI is InChI=1S/C29H29FN4O2/c1-2-5-27-25(16-19-8-13-24(26(30)17-19)23-7-4-3-6-20(23)18-31)29(36)33(28-14-15-32-34(27)28)21-9-11-22(35)12-10-21/h3-4,6-8,13-15,17,21-22,35H,2,5,9-12,16H2,1H3. The lowest BCUT2D eigenvalue weighted by Crippen LogP contribution is -2.34. The molecule has 4 aromatic rings. The number of benzene rings is 2. The van der Waals surface area contributed by atoms with Gasteiger partial charge in [-0.2, -0.15) is 10.4 Å². The van der Waals surface area contributed by atoms with Crippen molar-refractivity contribution >= 4 is 5.65 Å². The predicted molar refractivity (Wildman–Crippen MR) is 136 cm³/mol. The number of halogens is 1. The molecule has 184 valence electrons. The van der Waals surface area contributed by atoms with Crippen molar-refractivity contribution in [1.82, 2.24) is 14.2 Å². The average molecular weight is 485 g/mol. The summed E-state index contributed by atoms with van der Waals surface area (Å²) < 4.78 is 19.0. The molecule has 5 rings (SSSR count). The lowest BCUT2D eigenvalue weighted by Gasteiger charge is -2.29. The van der Waals surface area contributed by atoms with Crippen LogP contribution in [0.15, 0.2) is 59.5 Å². The first kappa shape index (κ1) is 24.0. The quantitative estimate of drug-likeness (QED) is 0.408. The Morgan fingerprint density at radius 3 is 2.61 bits per heavy atom. The van der Waals surface area contributed by atoms with Gasteiger partial charge in [0.25, 0.3) is 5.56 Å². The van der Waals surface area contributed by atoms with E-state index in [-0.39, 0.29) is 24.1 Å². The number of hydrogen-bond acceptors (Lipinski definition) is 4. The summed E-state index contributed by atoms with van der Waals surface area (Å²) in [5.41, 5.74) is 4.21. The summed E-state index contributed by atoms with van der Waals surface area (Å²) in [4.78, 5) is 13.9. The summed E-state index contributed by atoms with van der Waals surface area (Å²) in [6.45, 7) is 2.06. The van der Waals surface area contributed by atoms with Crippen LogP contribution in [0, 0.1) is 17.1 Å². The highest BCUT2D eigenvalue weighted by Gasteiger charge is 2.26. The van der Waals surface area contributed by atoms with Crippen molar-refractivity contribution in [2.45, 2.75) is 64.0 Å². The molecule has 6 nitrogen and oxygen atoms in total. The summed E-state index contributed by atoms with van der Waals surface area (Å²) in [6.07, 6.45) is 6.02. The first-order valence-corrected chi connectivity index (χ1v) is 12.6. The first-order chi connectivity index (χ1) is 17.5. The number of hydrogen-bond donors (Lipinski definition) is 1. The molecule has 0 saturated heterocycles. The van der Waals surface area contributed by atoms with E-state index in [1.54, 1.807) is 36.5 Å². The molecular formula is C29H29FN4O2. The Kier molecular flexibility index (Phi) is 6.71. The fourth-order valence-corrected chi connectivity index (χ4v) is 5.43. The van der Waals surface area contributed by atoms with Crippen molar-refractivity contribution in [1.29, 1.82) is 5.26 Å². The molecule has 1 N–H and O–H groups in total. The Balaban J connectivity index is 1.59. The molecule has 0 aliphatic heterocycles. The summed E-state index contributed by atoms with van der Waals surface area (Å²) in [5, 5.41) is 23.9. The normalized spacial score (nSPS) is 17.8. The Morgan fingerprint density at radius 2 is 1.89 bits per heavy atom. The minimum absolute atomic E-state index is 0.00359. The van der Waals surface area contributed by atoms with Crippen molar-refractivity contribution in [3.63, 3.8) is 0 Å². The number of nitrogens with zero attached hydrogens (tertiary/aromatic N) is 4. The van der Waals surface area contributed by atoms with Crippen LogP contribution in [0.5, 0.6) is 0 Å². The molecule has 2 aromatic heterocycles. The van der Waals surface area contributed by atoms with Crippen LogP contribution in [0.2, 0.25) is 0 Å². The first-order valence-electron chi connectivity index (χ1n) is 12.6. The largest absolute Gasteiger partial charge is 0.393 e. The molecule has 0 atom stereocenters. The van der Waals surface area contributed by atoms with E-state index in [4.69, 9.17) is 0 Å². The molecule has 0 bridgehead atoms. The van der Waals surface area contributed by atoms with Crippen LogP contribution in [-0.4, -0.2) is 25.4 Å². The van der Waals surface area contributed by atoms with Crippen molar-refractivity contribution in [3.8, 4) is 17.2 Å². The Morgan fingerprint density at radius 1 is 1.11 bits per heavy atom. The highest BCUT2D eigenvalue weighted by molar-refractivity contribution is 5.71. The molecule has 0 spiro atoms. The lowest BCUT2D eigenvalue weighted by atomic mass is 9.92. The van der Waals surface area contributed by atoms with E-state index in [1.807, 2.05) is 21.2 Å². The predicted octanol–water partition coefficient (Wildman–Crippen LogP) is 5.19. The topological polar surface area (TPSA) is 83.3 Å². The second-order valence-corrected chi connectivity index (χ2v) is 9.56. The van der Waals surface area contributed by atoms with Crippen LogP contribution in [0.1, 0.15) is 67.5 Å². The zero-order valence-corrected chi connectivity index (χ0v) is 20.3. The highest BCUT2D eigenvalue weighted by atomic mass is 19.1. The fourth-order valence-electron chi connectivity index (χ4n) is 5.43. The second kappa shape index (κ2) is 10.1. The van der Waals surface area contributed by atoms with E-state index in [1.165, 1.54) is 6.07 Å². The van der Waals surface area contributed by atoms with Gasteiger partial charge in [0.15, 0.2) is 0 Å². The van der Waals surface area contributed by atoms with Gasteiger partial charge in [0.05, 0.1) is 29.6 Å². The maximum absolute atomic E-state index is 15.3. The van der Waals surface area contributed by atoms with Crippen molar-refractivity contribution < 1.29 is 9.50 Å². The van der Waals surface area contributed by atoms with E-state index >= 15 is 4.39 Å². The Labute approximate surface area is 209 Å². The van der Waals surface area contributed by atoms with Crippen LogP contribution < -0.4 is 5.56 Å². The molecule has 1 aliphatic rings. The SMILES string of the molecule is CCCc1c(Cc2ccc(-c3ccccc3C#N)c(F)c2)c(=O)n(C2CCC(O)CC2)c2ccnn12. The molecule has 1 aliphatic carbocycles. The molecule has 0 unspecified atom stereocenters. The van der Waals surface area contributed by atoms with E-state index in [0.29, 0.717) is 47.1 Å². The van der Waals surface area contributed by atoms with Crippen LogP contribution in [0.4, 0.5) is 4.39 Å². The van der Waals surface area contributed by atoms with E-state index in [2.05, 4.69) is 18.1 Å². The zero-order valence-electron chi connectivity index (χ0n) is 20.3. The van der Waals surface area contributed by atoms with Gasteiger partial charge in [-0.25, -0.2) is 8.91 Å². The van der Waals surface area contributed by atoms with Crippen LogP contribution >= 0.6 is 0 Å². The van der Waals surface area contributed by atoms with Gasteiger partial charge in [-0.05, 0) is 49.8 Å². The van der Waals surface area contributed by atoms with Gasteiger partial charge in [0.2, 0.25) is 0 Å². The minimum atomic E-state index is -0.422. The fraction of sp³-hybridized carbons (Fsp3) is 0.345. The van der Waals surface area contributed by atoms with Gasteiger partial charge in [0.1, 0.15) is 11.5 Å². The molecule has 7 heteroatoms. The van der Waals surface area contributed by atoms with Gasteiger partial charge in [-0.15, -0.1) is 0 Å². The molecule has 0 amide bonds. The number of fused-ring (bicyclic) bond motifs is 1. The molecule has 0 radical (unpaired) electrons. The number of aliphatic hydroxyl groups is 1. The molecule has 1 saturated carbocycles. The van der Waals surface area contributed by atoms with Gasteiger partial charge >= 0.3 is 0 Å². The van der Waals surface area contributed by atoms with Gasteiger partial charge in [0, 0.05) is 35.2 Å². The Hall–Kier alpha value is -3.76. The Bertz CT molecular complexity index is 1510. The number of aliphatic hydroxyl groups excluding tert-OH is 1. The van der Waals surface area contributed by atoms with Crippen LogP contribution in [-0.2, 0) is 12.8 Å². The monoisotopic (exact) mass is 484 g/mol. The average Bonchev–Trinajstić information content (AvgIpc) is 3.37. The lowest BCUT2D eigenvalue weighted by molar-refractivity contribution is 0.110. The van der Waals surface area contributed by atoms with Gasteiger partial charge < -0.3 is 5.11 Å². The van der Waals surface area contributed by atoms with E-state index < -0.39 is 5.82 Å². The second-order valence-electron chi connectivity index (χ2n) is 9.56. The maximum atomic E-state index is 15.3. The number of aromatic nitrogens is 3. The van der Waals surface area contributed by atoms with Crippen LogP contribution in [0.25, 0.3) is 16.8 Å². The molecular weight excluding hydrogens is 455 g/mol. The highest BCUT2D eigenvalue weighted by Crippen LogP contribution is 2.31.